The summed E-state index contributed by atoms with van der Waals surface area (Å²) in [7, 11) is 1.82. The van der Waals surface area contributed by atoms with Crippen LogP contribution in [0.1, 0.15) is 5.69 Å². The highest BCUT2D eigenvalue weighted by atomic mass is 15.1. The number of rotatable bonds is 7. The Hall–Kier alpha value is -4.72. The van der Waals surface area contributed by atoms with Gasteiger partial charge in [0.25, 0.3) is 0 Å². The number of benzene rings is 2. The smallest absolute Gasteiger partial charge is 0.161 e. The van der Waals surface area contributed by atoms with Gasteiger partial charge >= 0.3 is 0 Å². The number of anilines is 2. The van der Waals surface area contributed by atoms with Crippen LogP contribution in [-0.4, -0.2) is 38.4 Å². The van der Waals surface area contributed by atoms with Crippen LogP contribution in [0.4, 0.5) is 11.5 Å². The number of aromatic nitrogens is 5. The molecule has 5 N–H and O–H groups in total. The molecule has 162 valence electrons. The molecule has 0 unspecified atom stereocenters. The molecule has 3 aromatic heterocycles. The minimum Gasteiger partial charge on any atom is -0.393 e. The number of allylic oxidation sites excluding steroid dienone is 1. The SMILES string of the molecule is CN/C=C(\C=N)c1cc2ccc(-c3nccc(Nc4ccc(-c5cn[nH]c5)cc4)n3)cc2[nH]1. The molecule has 0 radical (unpaired) electrons. The maximum Gasteiger partial charge on any atom is 0.161 e. The molecular formula is C25H22N8. The maximum absolute atomic E-state index is 7.63. The Labute approximate surface area is 190 Å². The van der Waals surface area contributed by atoms with E-state index in [2.05, 4.69) is 30.8 Å². The van der Waals surface area contributed by atoms with Crippen molar-refractivity contribution in [3.8, 4) is 22.5 Å². The summed E-state index contributed by atoms with van der Waals surface area (Å²) in [5.74, 6) is 1.34. The monoisotopic (exact) mass is 434 g/mol. The molecule has 5 aromatic rings. The lowest BCUT2D eigenvalue weighted by molar-refractivity contribution is 1.09. The fourth-order valence-corrected chi connectivity index (χ4v) is 3.64. The number of hydrogen-bond donors (Lipinski definition) is 5. The van der Waals surface area contributed by atoms with Crippen LogP contribution in [0, 0.1) is 5.41 Å². The largest absolute Gasteiger partial charge is 0.393 e. The van der Waals surface area contributed by atoms with E-state index < -0.39 is 0 Å². The summed E-state index contributed by atoms with van der Waals surface area (Å²) in [6, 6.07) is 18.0. The van der Waals surface area contributed by atoms with Crippen LogP contribution >= 0.6 is 0 Å². The molecule has 0 atom stereocenters. The number of H-pyrrole nitrogens is 2. The molecule has 5 rings (SSSR count). The summed E-state index contributed by atoms with van der Waals surface area (Å²) in [5, 5.41) is 21.8. The van der Waals surface area contributed by atoms with Gasteiger partial charge in [-0.2, -0.15) is 5.10 Å². The van der Waals surface area contributed by atoms with E-state index >= 15 is 0 Å². The third-order valence-electron chi connectivity index (χ3n) is 5.29. The Balaban J connectivity index is 1.39. The van der Waals surface area contributed by atoms with Crippen molar-refractivity contribution in [1.82, 2.24) is 30.5 Å². The molecule has 0 bridgehead atoms. The summed E-state index contributed by atoms with van der Waals surface area (Å²) in [4.78, 5) is 12.5. The van der Waals surface area contributed by atoms with E-state index in [0.29, 0.717) is 11.6 Å². The van der Waals surface area contributed by atoms with Gasteiger partial charge in [-0.05, 0) is 35.9 Å². The van der Waals surface area contributed by atoms with Crippen molar-refractivity contribution in [1.29, 1.82) is 5.41 Å². The van der Waals surface area contributed by atoms with Crippen molar-refractivity contribution in [3.63, 3.8) is 0 Å². The Bertz CT molecular complexity index is 1430. The van der Waals surface area contributed by atoms with E-state index in [-0.39, 0.29) is 0 Å². The topological polar surface area (TPSA) is 118 Å². The van der Waals surface area contributed by atoms with Gasteiger partial charge in [0, 0.05) is 70.8 Å². The summed E-state index contributed by atoms with van der Waals surface area (Å²) in [6.45, 7) is 0. The Morgan fingerprint density at radius 3 is 2.61 bits per heavy atom. The number of nitrogens with zero attached hydrogens (tertiary/aromatic N) is 3. The van der Waals surface area contributed by atoms with Gasteiger partial charge in [-0.15, -0.1) is 0 Å². The second-order valence-corrected chi connectivity index (χ2v) is 7.47. The standard InChI is InChI=1S/C25H22N8/c1-27-13-19(12-26)23-10-17-2-3-18(11-22(17)32-23)25-28-9-8-24(33-25)31-21-6-4-16(5-7-21)20-14-29-30-15-20/h2-15,26-27,32H,1H3,(H,29,30)(H,28,31,33)/b19-13+,26-12?. The lowest BCUT2D eigenvalue weighted by atomic mass is 10.1. The minimum absolute atomic E-state index is 0.631. The Morgan fingerprint density at radius 2 is 1.85 bits per heavy atom. The number of nitrogens with one attached hydrogen (secondary N) is 5. The highest BCUT2D eigenvalue weighted by Crippen LogP contribution is 2.26. The normalized spacial score (nSPS) is 11.5. The molecule has 8 nitrogen and oxygen atoms in total. The van der Waals surface area contributed by atoms with Crippen molar-refractivity contribution in [3.05, 3.63) is 85.1 Å². The van der Waals surface area contributed by atoms with Crippen molar-refractivity contribution >= 4 is 34.2 Å². The molecule has 0 aliphatic heterocycles. The summed E-state index contributed by atoms with van der Waals surface area (Å²) < 4.78 is 0. The molecule has 0 amide bonds. The summed E-state index contributed by atoms with van der Waals surface area (Å²) in [5.41, 5.74) is 6.59. The number of hydrogen-bond acceptors (Lipinski definition) is 6. The van der Waals surface area contributed by atoms with Gasteiger partial charge in [-0.3, -0.25) is 5.10 Å². The lowest BCUT2D eigenvalue weighted by Crippen LogP contribution is -1.97. The molecule has 0 aliphatic rings. The zero-order chi connectivity index (χ0) is 22.6. The average Bonchev–Trinajstić information content (AvgIpc) is 3.53. The summed E-state index contributed by atoms with van der Waals surface area (Å²) in [6.07, 6.45) is 8.52. The molecule has 2 aromatic carbocycles. The molecule has 0 saturated carbocycles. The van der Waals surface area contributed by atoms with Gasteiger partial charge in [0.15, 0.2) is 5.82 Å². The first-order chi connectivity index (χ1) is 16.2. The number of aromatic amines is 2. The van der Waals surface area contributed by atoms with Crippen molar-refractivity contribution in [2.24, 2.45) is 0 Å². The minimum atomic E-state index is 0.631. The molecule has 8 heteroatoms. The average molecular weight is 435 g/mol. The van der Waals surface area contributed by atoms with Gasteiger partial charge in [-0.1, -0.05) is 24.3 Å². The molecular weight excluding hydrogens is 412 g/mol. The maximum atomic E-state index is 7.63. The van der Waals surface area contributed by atoms with E-state index in [9.17, 15) is 0 Å². The fourth-order valence-electron chi connectivity index (χ4n) is 3.64. The third-order valence-corrected chi connectivity index (χ3v) is 5.29. The van der Waals surface area contributed by atoms with Gasteiger partial charge in [0.1, 0.15) is 5.82 Å². The van der Waals surface area contributed by atoms with E-state index in [0.717, 1.165) is 44.5 Å². The molecule has 0 aliphatic carbocycles. The van der Waals surface area contributed by atoms with Crippen molar-refractivity contribution < 1.29 is 0 Å². The second-order valence-electron chi connectivity index (χ2n) is 7.47. The summed E-state index contributed by atoms with van der Waals surface area (Å²) >= 11 is 0. The van der Waals surface area contributed by atoms with Crippen LogP contribution in [-0.2, 0) is 0 Å². The van der Waals surface area contributed by atoms with Gasteiger partial charge in [0.05, 0.1) is 6.20 Å². The zero-order valence-corrected chi connectivity index (χ0v) is 17.9. The Kier molecular flexibility index (Phi) is 5.38. The van der Waals surface area contributed by atoms with E-state index in [1.807, 2.05) is 67.8 Å². The quantitative estimate of drug-likeness (QED) is 0.232. The van der Waals surface area contributed by atoms with Crippen LogP contribution in [0.15, 0.2) is 79.4 Å². The van der Waals surface area contributed by atoms with Gasteiger partial charge < -0.3 is 21.0 Å². The molecule has 0 saturated heterocycles. The Morgan fingerprint density at radius 1 is 1.00 bits per heavy atom. The first kappa shape index (κ1) is 20.2. The highest BCUT2D eigenvalue weighted by molar-refractivity contribution is 6.09. The third kappa shape index (κ3) is 4.22. The molecule has 33 heavy (non-hydrogen) atoms. The van der Waals surface area contributed by atoms with Gasteiger partial charge in [-0.25, -0.2) is 9.97 Å². The van der Waals surface area contributed by atoms with Crippen molar-refractivity contribution in [2.45, 2.75) is 0 Å². The van der Waals surface area contributed by atoms with Crippen LogP contribution in [0.25, 0.3) is 39.0 Å². The first-order valence-corrected chi connectivity index (χ1v) is 10.4. The number of fused-ring (bicyclic) bond motifs is 1. The molecule has 3 heterocycles. The van der Waals surface area contributed by atoms with Crippen LogP contribution in [0.3, 0.4) is 0 Å². The van der Waals surface area contributed by atoms with Crippen LogP contribution in [0.5, 0.6) is 0 Å². The van der Waals surface area contributed by atoms with Crippen molar-refractivity contribution in [2.75, 3.05) is 12.4 Å². The predicted octanol–water partition coefficient (Wildman–Crippen LogP) is 4.97. The first-order valence-electron chi connectivity index (χ1n) is 10.4. The fraction of sp³-hybridized carbons (Fsp3) is 0.0400. The van der Waals surface area contributed by atoms with Gasteiger partial charge in [0.2, 0.25) is 0 Å². The molecule has 0 spiro atoms. The van der Waals surface area contributed by atoms with Crippen LogP contribution in [0.2, 0.25) is 0 Å². The lowest BCUT2D eigenvalue weighted by Gasteiger charge is -2.08. The van der Waals surface area contributed by atoms with E-state index in [1.54, 1.807) is 18.6 Å². The van der Waals surface area contributed by atoms with E-state index in [4.69, 9.17) is 10.4 Å². The predicted molar refractivity (Wildman–Crippen MR) is 132 cm³/mol. The second kappa shape index (κ2) is 8.80. The zero-order valence-electron chi connectivity index (χ0n) is 17.9. The van der Waals surface area contributed by atoms with Crippen LogP contribution < -0.4 is 10.6 Å². The highest BCUT2D eigenvalue weighted by Gasteiger charge is 2.09. The molecule has 0 fully saturated rings. The van der Waals surface area contributed by atoms with E-state index in [1.165, 1.54) is 6.21 Å².